The summed E-state index contributed by atoms with van der Waals surface area (Å²) in [5.74, 6) is 0.338. The van der Waals surface area contributed by atoms with Gasteiger partial charge in [0, 0.05) is 5.02 Å². The molecule has 2 rings (SSSR count). The molecule has 0 radical (unpaired) electrons. The van der Waals surface area contributed by atoms with Gasteiger partial charge in [-0.1, -0.05) is 41.4 Å². The topological polar surface area (TPSA) is 20.2 Å². The minimum absolute atomic E-state index is 0.338. The molecule has 0 aliphatic rings. The van der Waals surface area contributed by atoms with Crippen LogP contribution in [0.25, 0.3) is 0 Å². The monoisotopic (exact) mass is 234 g/mol. The second-order valence-corrected chi connectivity index (χ2v) is 4.07. The number of hydrogen-bond acceptors (Lipinski definition) is 1. The standard InChI is InChI=1S/C7H7Cl.C7H8O/c1-6-2-4-7(8)5-3-6;1-6-3-2-4-7(8)5-6/h2-5H,1H3;2-5,8H,1H3. The summed E-state index contributed by atoms with van der Waals surface area (Å²) >= 11 is 5.61. The third-order valence-corrected chi connectivity index (χ3v) is 2.26. The van der Waals surface area contributed by atoms with Gasteiger partial charge in [-0.2, -0.15) is 0 Å². The van der Waals surface area contributed by atoms with E-state index in [2.05, 4.69) is 0 Å². The van der Waals surface area contributed by atoms with E-state index < -0.39 is 0 Å². The highest BCUT2D eigenvalue weighted by molar-refractivity contribution is 6.30. The zero-order valence-corrected chi connectivity index (χ0v) is 10.2. The number of rotatable bonds is 0. The quantitative estimate of drug-likeness (QED) is 0.719. The van der Waals surface area contributed by atoms with E-state index in [-0.39, 0.29) is 0 Å². The van der Waals surface area contributed by atoms with Crippen molar-refractivity contribution in [3.8, 4) is 5.75 Å². The molecule has 1 N–H and O–H groups in total. The molecule has 16 heavy (non-hydrogen) atoms. The lowest BCUT2D eigenvalue weighted by molar-refractivity contribution is 0.475. The molecule has 2 aromatic carbocycles. The average Bonchev–Trinajstić information content (AvgIpc) is 2.23. The van der Waals surface area contributed by atoms with Crippen molar-refractivity contribution in [1.82, 2.24) is 0 Å². The predicted octanol–water partition coefficient (Wildman–Crippen LogP) is 4.35. The summed E-state index contributed by atoms with van der Waals surface area (Å²) in [5.41, 5.74) is 2.33. The van der Waals surface area contributed by atoms with Gasteiger partial charge in [-0.05, 0) is 43.7 Å². The molecule has 0 saturated heterocycles. The summed E-state index contributed by atoms with van der Waals surface area (Å²) in [4.78, 5) is 0. The number of phenolic OH excluding ortho intramolecular Hbond substituents is 1. The Hall–Kier alpha value is -1.47. The van der Waals surface area contributed by atoms with E-state index in [9.17, 15) is 0 Å². The Bertz CT molecular complexity index is 396. The number of halogens is 1. The van der Waals surface area contributed by atoms with Crippen LogP contribution >= 0.6 is 11.6 Å². The first kappa shape index (κ1) is 12.6. The number of benzene rings is 2. The third-order valence-electron chi connectivity index (χ3n) is 2.01. The van der Waals surface area contributed by atoms with Crippen LogP contribution in [-0.4, -0.2) is 5.11 Å². The Labute approximate surface area is 101 Å². The van der Waals surface area contributed by atoms with E-state index >= 15 is 0 Å². The van der Waals surface area contributed by atoms with Crippen LogP contribution in [0.5, 0.6) is 5.75 Å². The van der Waals surface area contributed by atoms with Crippen LogP contribution in [0, 0.1) is 13.8 Å². The Morgan fingerprint density at radius 1 is 0.875 bits per heavy atom. The molecule has 2 heteroatoms. The lowest BCUT2D eigenvalue weighted by atomic mass is 10.2. The van der Waals surface area contributed by atoms with Gasteiger partial charge in [-0.15, -0.1) is 0 Å². The zero-order chi connectivity index (χ0) is 12.0. The van der Waals surface area contributed by atoms with E-state index in [0.29, 0.717) is 5.75 Å². The van der Waals surface area contributed by atoms with Crippen molar-refractivity contribution in [2.24, 2.45) is 0 Å². The van der Waals surface area contributed by atoms with Gasteiger partial charge < -0.3 is 5.11 Å². The molecule has 0 unspecified atom stereocenters. The van der Waals surface area contributed by atoms with Gasteiger partial charge in [0.15, 0.2) is 0 Å². The van der Waals surface area contributed by atoms with Crippen molar-refractivity contribution >= 4 is 11.6 Å². The summed E-state index contributed by atoms with van der Waals surface area (Å²) in [6.07, 6.45) is 0. The number of phenols is 1. The van der Waals surface area contributed by atoms with Crippen LogP contribution in [-0.2, 0) is 0 Å². The minimum atomic E-state index is 0.338. The van der Waals surface area contributed by atoms with Gasteiger partial charge in [0.05, 0.1) is 0 Å². The second-order valence-electron chi connectivity index (χ2n) is 3.63. The van der Waals surface area contributed by atoms with E-state index in [1.165, 1.54) is 5.56 Å². The van der Waals surface area contributed by atoms with Crippen molar-refractivity contribution in [3.05, 3.63) is 64.7 Å². The highest BCUT2D eigenvalue weighted by Gasteiger charge is 1.83. The predicted molar refractivity (Wildman–Crippen MR) is 69.0 cm³/mol. The molecule has 0 fully saturated rings. The Morgan fingerprint density at radius 3 is 1.88 bits per heavy atom. The molecular formula is C14H15ClO. The molecule has 0 aromatic heterocycles. The third kappa shape index (κ3) is 4.85. The van der Waals surface area contributed by atoms with E-state index in [0.717, 1.165) is 10.6 Å². The van der Waals surface area contributed by atoms with Crippen LogP contribution in [0.15, 0.2) is 48.5 Å². The van der Waals surface area contributed by atoms with Crippen LogP contribution < -0.4 is 0 Å². The van der Waals surface area contributed by atoms with Gasteiger partial charge in [-0.25, -0.2) is 0 Å². The van der Waals surface area contributed by atoms with E-state index in [1.54, 1.807) is 12.1 Å². The van der Waals surface area contributed by atoms with E-state index in [1.807, 2.05) is 50.2 Å². The normalized spacial score (nSPS) is 9.19. The summed E-state index contributed by atoms with van der Waals surface area (Å²) in [6, 6.07) is 14.9. The zero-order valence-electron chi connectivity index (χ0n) is 9.44. The molecule has 0 aliphatic heterocycles. The van der Waals surface area contributed by atoms with Crippen molar-refractivity contribution in [1.29, 1.82) is 0 Å². The summed E-state index contributed by atoms with van der Waals surface area (Å²) in [6.45, 7) is 3.98. The van der Waals surface area contributed by atoms with Gasteiger partial charge >= 0.3 is 0 Å². The molecule has 0 atom stereocenters. The molecule has 0 saturated carbocycles. The van der Waals surface area contributed by atoms with E-state index in [4.69, 9.17) is 16.7 Å². The first-order chi connectivity index (χ1) is 7.58. The molecule has 1 nitrogen and oxygen atoms in total. The van der Waals surface area contributed by atoms with Crippen LogP contribution in [0.2, 0.25) is 5.02 Å². The number of aromatic hydroxyl groups is 1. The van der Waals surface area contributed by atoms with Crippen molar-refractivity contribution in [2.75, 3.05) is 0 Å². The first-order valence-electron chi connectivity index (χ1n) is 5.06. The lowest BCUT2D eigenvalue weighted by Gasteiger charge is -1.89. The largest absolute Gasteiger partial charge is 0.508 e. The fourth-order valence-corrected chi connectivity index (χ4v) is 1.29. The highest BCUT2D eigenvalue weighted by Crippen LogP contribution is 2.08. The SMILES string of the molecule is Cc1ccc(Cl)cc1.Cc1cccc(O)c1. The molecule has 0 amide bonds. The number of hydrogen-bond donors (Lipinski definition) is 1. The van der Waals surface area contributed by atoms with Crippen molar-refractivity contribution in [2.45, 2.75) is 13.8 Å². The molecule has 0 heterocycles. The molecule has 0 aliphatic carbocycles. The van der Waals surface area contributed by atoms with Crippen molar-refractivity contribution < 1.29 is 5.11 Å². The summed E-state index contributed by atoms with van der Waals surface area (Å²) in [7, 11) is 0. The molecule has 2 aromatic rings. The maximum Gasteiger partial charge on any atom is 0.115 e. The number of aryl methyl sites for hydroxylation is 2. The fourth-order valence-electron chi connectivity index (χ4n) is 1.16. The van der Waals surface area contributed by atoms with Gasteiger partial charge in [0.1, 0.15) is 5.75 Å². The smallest absolute Gasteiger partial charge is 0.115 e. The average molecular weight is 235 g/mol. The molecule has 0 spiro atoms. The molecule has 84 valence electrons. The first-order valence-corrected chi connectivity index (χ1v) is 5.43. The maximum atomic E-state index is 8.81. The van der Waals surface area contributed by atoms with Gasteiger partial charge in [-0.3, -0.25) is 0 Å². The van der Waals surface area contributed by atoms with Gasteiger partial charge in [0.25, 0.3) is 0 Å². The molecular weight excluding hydrogens is 220 g/mol. The fraction of sp³-hybridized carbons (Fsp3) is 0.143. The van der Waals surface area contributed by atoms with Crippen molar-refractivity contribution in [3.63, 3.8) is 0 Å². The van der Waals surface area contributed by atoms with Crippen LogP contribution in [0.3, 0.4) is 0 Å². The van der Waals surface area contributed by atoms with Gasteiger partial charge in [0.2, 0.25) is 0 Å². The summed E-state index contributed by atoms with van der Waals surface area (Å²) < 4.78 is 0. The summed E-state index contributed by atoms with van der Waals surface area (Å²) in [5, 5.41) is 9.61. The Kier molecular flexibility index (Phi) is 4.87. The maximum absolute atomic E-state index is 8.81. The Balaban J connectivity index is 0.000000160. The van der Waals surface area contributed by atoms with Crippen LogP contribution in [0.1, 0.15) is 11.1 Å². The highest BCUT2D eigenvalue weighted by atomic mass is 35.5. The Morgan fingerprint density at radius 2 is 1.50 bits per heavy atom. The second kappa shape index (κ2) is 6.19. The molecule has 0 bridgehead atoms. The minimum Gasteiger partial charge on any atom is -0.508 e. The lowest BCUT2D eigenvalue weighted by Crippen LogP contribution is -1.66. The van der Waals surface area contributed by atoms with Crippen LogP contribution in [0.4, 0.5) is 0 Å².